The van der Waals surface area contributed by atoms with Gasteiger partial charge in [-0.05, 0) is 6.92 Å². The SMILES string of the molecule is C=CCC1=C(O)C(C)OC1=O. The molecule has 0 fully saturated rings. The average Bonchev–Trinajstić information content (AvgIpc) is 2.17. The van der Waals surface area contributed by atoms with Crippen LogP contribution in [0, 0.1) is 0 Å². The van der Waals surface area contributed by atoms with E-state index in [1.54, 1.807) is 13.0 Å². The van der Waals surface area contributed by atoms with Crippen molar-refractivity contribution in [1.29, 1.82) is 0 Å². The summed E-state index contributed by atoms with van der Waals surface area (Å²) in [5, 5.41) is 9.25. The van der Waals surface area contributed by atoms with E-state index >= 15 is 0 Å². The lowest BCUT2D eigenvalue weighted by Gasteiger charge is -1.99. The summed E-state index contributed by atoms with van der Waals surface area (Å²) in [6, 6.07) is 0. The Morgan fingerprint density at radius 2 is 2.45 bits per heavy atom. The molecule has 1 heterocycles. The first-order chi connectivity index (χ1) is 5.16. The molecule has 0 radical (unpaired) electrons. The van der Waals surface area contributed by atoms with Crippen LogP contribution in [0.2, 0.25) is 0 Å². The number of carbonyl (C=O) groups excluding carboxylic acids is 1. The molecule has 0 spiro atoms. The van der Waals surface area contributed by atoms with Crippen molar-refractivity contribution in [2.24, 2.45) is 0 Å². The van der Waals surface area contributed by atoms with Crippen molar-refractivity contribution in [2.45, 2.75) is 19.4 Å². The van der Waals surface area contributed by atoms with Crippen LogP contribution in [0.4, 0.5) is 0 Å². The normalized spacial score (nSPS) is 23.7. The molecule has 1 aliphatic heterocycles. The summed E-state index contributed by atoms with van der Waals surface area (Å²) < 4.78 is 4.73. The Hall–Kier alpha value is -1.25. The molecule has 1 rings (SSSR count). The van der Waals surface area contributed by atoms with Gasteiger partial charge in [0.2, 0.25) is 0 Å². The first kappa shape index (κ1) is 7.85. The van der Waals surface area contributed by atoms with Crippen molar-refractivity contribution in [1.82, 2.24) is 0 Å². The number of aliphatic hydroxyl groups is 1. The molecule has 0 aromatic heterocycles. The van der Waals surface area contributed by atoms with Crippen LogP contribution in [0.1, 0.15) is 13.3 Å². The van der Waals surface area contributed by atoms with Gasteiger partial charge in [-0.2, -0.15) is 0 Å². The van der Waals surface area contributed by atoms with Gasteiger partial charge in [-0.15, -0.1) is 6.58 Å². The highest BCUT2D eigenvalue weighted by Crippen LogP contribution is 2.22. The van der Waals surface area contributed by atoms with Gasteiger partial charge in [0.1, 0.15) is 5.76 Å². The minimum atomic E-state index is -0.488. The number of rotatable bonds is 2. The summed E-state index contributed by atoms with van der Waals surface area (Å²) in [7, 11) is 0. The smallest absolute Gasteiger partial charge is 0.338 e. The number of hydrogen-bond donors (Lipinski definition) is 1. The molecule has 60 valence electrons. The van der Waals surface area contributed by atoms with Crippen LogP contribution >= 0.6 is 0 Å². The van der Waals surface area contributed by atoms with E-state index in [4.69, 9.17) is 4.74 Å². The molecule has 1 aliphatic rings. The molecular formula is C8H10O3. The van der Waals surface area contributed by atoms with Crippen LogP contribution in [0.5, 0.6) is 0 Å². The van der Waals surface area contributed by atoms with Crippen LogP contribution in [0.3, 0.4) is 0 Å². The van der Waals surface area contributed by atoms with E-state index in [0.717, 1.165) is 0 Å². The van der Waals surface area contributed by atoms with Crippen LogP contribution in [0.25, 0.3) is 0 Å². The van der Waals surface area contributed by atoms with E-state index in [-0.39, 0.29) is 5.76 Å². The first-order valence-electron chi connectivity index (χ1n) is 3.40. The van der Waals surface area contributed by atoms with E-state index in [1.165, 1.54) is 0 Å². The third kappa shape index (κ3) is 1.27. The van der Waals surface area contributed by atoms with E-state index in [0.29, 0.717) is 12.0 Å². The molecule has 0 saturated carbocycles. The predicted molar refractivity (Wildman–Crippen MR) is 40.0 cm³/mol. The fraction of sp³-hybridized carbons (Fsp3) is 0.375. The summed E-state index contributed by atoms with van der Waals surface area (Å²) in [5.41, 5.74) is 0.326. The van der Waals surface area contributed by atoms with Crippen molar-refractivity contribution < 1.29 is 14.6 Å². The lowest BCUT2D eigenvalue weighted by atomic mass is 10.1. The van der Waals surface area contributed by atoms with Gasteiger partial charge in [0, 0.05) is 6.42 Å². The maximum Gasteiger partial charge on any atom is 0.338 e. The molecule has 3 heteroatoms. The van der Waals surface area contributed by atoms with Crippen LogP contribution in [0.15, 0.2) is 24.0 Å². The lowest BCUT2D eigenvalue weighted by Crippen LogP contribution is -2.05. The Morgan fingerprint density at radius 1 is 1.82 bits per heavy atom. The largest absolute Gasteiger partial charge is 0.508 e. The van der Waals surface area contributed by atoms with Crippen molar-refractivity contribution in [3.8, 4) is 0 Å². The lowest BCUT2D eigenvalue weighted by molar-refractivity contribution is -0.139. The summed E-state index contributed by atoms with van der Waals surface area (Å²) in [6.45, 7) is 5.09. The number of carbonyl (C=O) groups is 1. The number of esters is 1. The van der Waals surface area contributed by atoms with Gasteiger partial charge in [0.25, 0.3) is 0 Å². The quantitative estimate of drug-likeness (QED) is 0.482. The number of ether oxygens (including phenoxy) is 1. The third-order valence-corrected chi connectivity index (χ3v) is 1.57. The molecule has 3 nitrogen and oxygen atoms in total. The van der Waals surface area contributed by atoms with Crippen molar-refractivity contribution in [3.05, 3.63) is 24.0 Å². The van der Waals surface area contributed by atoms with E-state index < -0.39 is 12.1 Å². The summed E-state index contributed by atoms with van der Waals surface area (Å²) in [5.74, 6) is -0.398. The Morgan fingerprint density at radius 3 is 2.82 bits per heavy atom. The first-order valence-corrected chi connectivity index (χ1v) is 3.40. The Kier molecular flexibility index (Phi) is 1.98. The van der Waals surface area contributed by atoms with Gasteiger partial charge < -0.3 is 9.84 Å². The van der Waals surface area contributed by atoms with Gasteiger partial charge in [0.15, 0.2) is 6.10 Å². The molecule has 0 aliphatic carbocycles. The van der Waals surface area contributed by atoms with Gasteiger partial charge in [-0.3, -0.25) is 0 Å². The second kappa shape index (κ2) is 2.78. The third-order valence-electron chi connectivity index (χ3n) is 1.57. The van der Waals surface area contributed by atoms with E-state index in [1.807, 2.05) is 0 Å². The Bertz CT molecular complexity index is 227. The average molecular weight is 154 g/mol. The maximum atomic E-state index is 10.9. The fourth-order valence-electron chi connectivity index (χ4n) is 0.970. The Balaban J connectivity index is 2.87. The second-order valence-electron chi connectivity index (χ2n) is 2.40. The van der Waals surface area contributed by atoms with Gasteiger partial charge >= 0.3 is 5.97 Å². The zero-order valence-corrected chi connectivity index (χ0v) is 6.33. The monoisotopic (exact) mass is 154 g/mol. The number of aliphatic hydroxyl groups excluding tert-OH is 1. The van der Waals surface area contributed by atoms with Crippen LogP contribution in [-0.4, -0.2) is 17.2 Å². The molecule has 0 saturated heterocycles. The van der Waals surface area contributed by atoms with Gasteiger partial charge in [0.05, 0.1) is 5.57 Å². The van der Waals surface area contributed by atoms with E-state index in [2.05, 4.69) is 6.58 Å². The highest BCUT2D eigenvalue weighted by molar-refractivity contribution is 5.91. The second-order valence-corrected chi connectivity index (χ2v) is 2.40. The van der Waals surface area contributed by atoms with Crippen molar-refractivity contribution in [2.75, 3.05) is 0 Å². The fourth-order valence-corrected chi connectivity index (χ4v) is 0.970. The molecule has 1 atom stereocenters. The molecule has 0 aromatic rings. The van der Waals surface area contributed by atoms with Crippen LogP contribution < -0.4 is 0 Å². The zero-order valence-electron chi connectivity index (χ0n) is 6.33. The molecular weight excluding hydrogens is 144 g/mol. The maximum absolute atomic E-state index is 10.9. The topological polar surface area (TPSA) is 46.5 Å². The number of allylic oxidation sites excluding steroid dienone is 1. The van der Waals surface area contributed by atoms with Crippen molar-refractivity contribution >= 4 is 5.97 Å². The minimum Gasteiger partial charge on any atom is -0.508 e. The standard InChI is InChI=1S/C8H10O3/c1-3-4-6-7(9)5(2)11-8(6)10/h3,5,9H,1,4H2,2H3. The molecule has 0 aromatic carbocycles. The molecule has 0 amide bonds. The summed E-state index contributed by atoms with van der Waals surface area (Å²) in [4.78, 5) is 10.9. The summed E-state index contributed by atoms with van der Waals surface area (Å²) >= 11 is 0. The highest BCUT2D eigenvalue weighted by atomic mass is 16.6. The van der Waals surface area contributed by atoms with Crippen LogP contribution in [-0.2, 0) is 9.53 Å². The Labute approximate surface area is 65.0 Å². The molecule has 1 unspecified atom stereocenters. The zero-order chi connectivity index (χ0) is 8.43. The molecule has 11 heavy (non-hydrogen) atoms. The predicted octanol–water partition coefficient (Wildman–Crippen LogP) is 1.32. The molecule has 1 N–H and O–H groups in total. The minimum absolute atomic E-state index is 0.0369. The van der Waals surface area contributed by atoms with Gasteiger partial charge in [-0.1, -0.05) is 6.08 Å². The number of cyclic esters (lactones) is 1. The highest BCUT2D eigenvalue weighted by Gasteiger charge is 2.29. The molecule has 0 bridgehead atoms. The number of hydrogen-bond acceptors (Lipinski definition) is 3. The summed E-state index contributed by atoms with van der Waals surface area (Å²) in [6.07, 6.45) is 1.44. The van der Waals surface area contributed by atoms with Gasteiger partial charge in [-0.25, -0.2) is 4.79 Å². The van der Waals surface area contributed by atoms with Crippen molar-refractivity contribution in [3.63, 3.8) is 0 Å². The van der Waals surface area contributed by atoms with E-state index in [9.17, 15) is 9.90 Å².